The Hall–Kier alpha value is -1.39. The molecule has 0 heterocycles. The smallest absolute Gasteiger partial charge is 0.483 e. The minimum Gasteiger partial charge on any atom is -0.483 e. The first-order valence-electron chi connectivity index (χ1n) is 8.49. The minimum atomic E-state index is -0.250. The third kappa shape index (κ3) is 9.39. The first kappa shape index (κ1) is 30.3. The molecule has 0 spiro atoms. The summed E-state index contributed by atoms with van der Waals surface area (Å²) in [6, 6.07) is 0. The summed E-state index contributed by atoms with van der Waals surface area (Å²) in [5, 5.41) is 13.8. The normalized spacial score (nSPS) is 18.3. The van der Waals surface area contributed by atoms with Crippen molar-refractivity contribution in [1.29, 1.82) is 0 Å². The van der Waals surface area contributed by atoms with E-state index in [-0.39, 0.29) is 45.5 Å². The number of hydrogen-bond donors (Lipinski definition) is 2. The molecule has 0 saturated heterocycles. The van der Waals surface area contributed by atoms with E-state index in [0.29, 0.717) is 0 Å². The Morgan fingerprint density at radius 3 is 0.889 bits per heavy atom. The molecule has 2 aliphatic carbocycles. The van der Waals surface area contributed by atoms with E-state index in [1.54, 1.807) is 0 Å². The van der Waals surface area contributed by atoms with Gasteiger partial charge in [0.1, 0.15) is 0 Å². The molecule has 2 rings (SSSR count). The molecule has 0 aromatic carbocycles. The quantitative estimate of drug-likeness (QED) is 0.309. The predicted octanol–water partition coefficient (Wildman–Crippen LogP) is 5.62. The van der Waals surface area contributed by atoms with Crippen LogP contribution in [0.5, 0.6) is 0 Å². The summed E-state index contributed by atoms with van der Waals surface area (Å²) >= 11 is 0. The summed E-state index contributed by atoms with van der Waals surface area (Å²) in [6.07, 6.45) is 6.87. The Labute approximate surface area is 180 Å². The van der Waals surface area contributed by atoms with Crippen molar-refractivity contribution in [2.24, 2.45) is 10.8 Å². The zero-order chi connectivity index (χ0) is 21.3. The molecular weight excluding hydrogens is 376 g/mol. The topological polar surface area (TPSA) is 74.6 Å². The molecule has 0 aliphatic heterocycles. The van der Waals surface area contributed by atoms with E-state index in [1.165, 1.54) is 33.4 Å². The molecule has 0 fully saturated rings. The maximum Gasteiger partial charge on any atom is 2.00 e. The summed E-state index contributed by atoms with van der Waals surface area (Å²) in [5.74, 6) is 0. The standard InChI is InChI=1S/2C10H15.2CH2O2.Ti/c2*1-7-6-10(4,5)9(3)8(7)2;2*2-1-3;/h2*1-5H3;2*1H,(H,2,3);/q2*-1;;;+2. The van der Waals surface area contributed by atoms with E-state index < -0.39 is 0 Å². The molecule has 2 N–H and O–H groups in total. The van der Waals surface area contributed by atoms with Crippen LogP contribution in [0.4, 0.5) is 0 Å². The van der Waals surface area contributed by atoms with Gasteiger partial charge < -0.3 is 10.2 Å². The van der Waals surface area contributed by atoms with Crippen LogP contribution in [0.25, 0.3) is 0 Å². The fourth-order valence-electron chi connectivity index (χ4n) is 2.81. The molecule has 150 valence electrons. The Balaban J connectivity index is -0.000000322. The Bertz CT molecular complexity index is 577. The van der Waals surface area contributed by atoms with Crippen LogP contribution >= 0.6 is 0 Å². The van der Waals surface area contributed by atoms with Crippen molar-refractivity contribution < 1.29 is 41.5 Å². The molecule has 0 amide bonds. The van der Waals surface area contributed by atoms with Gasteiger partial charge in [0.15, 0.2) is 0 Å². The molecule has 5 heteroatoms. The minimum absolute atomic E-state index is 0. The number of carbonyl (C=O) groups is 2. The van der Waals surface area contributed by atoms with Crippen molar-refractivity contribution >= 4 is 12.9 Å². The Morgan fingerprint density at radius 1 is 0.667 bits per heavy atom. The molecule has 0 aromatic rings. The van der Waals surface area contributed by atoms with Crippen molar-refractivity contribution in [3.05, 3.63) is 45.6 Å². The number of carboxylic acid groups (broad SMARTS) is 2. The largest absolute Gasteiger partial charge is 2.00 e. The fraction of sp³-hybridized carbons (Fsp3) is 0.545. The first-order chi connectivity index (χ1) is 11.7. The summed E-state index contributed by atoms with van der Waals surface area (Å²) < 4.78 is 0. The number of hydrogen-bond acceptors (Lipinski definition) is 2. The van der Waals surface area contributed by atoms with Gasteiger partial charge in [0, 0.05) is 0 Å². The van der Waals surface area contributed by atoms with Gasteiger partial charge in [0.25, 0.3) is 12.9 Å². The molecule has 0 saturated carbocycles. The summed E-state index contributed by atoms with van der Waals surface area (Å²) in [7, 11) is 0. The Kier molecular flexibility index (Phi) is 14.5. The SMILES string of the molecule is CC1=[C-]C(C)(C)C(C)=C1C.CC1=[C-]C(C)(C)C(C)=C1C.O=CO.O=CO.[Ti+2]. The molecule has 0 bridgehead atoms. The molecule has 27 heavy (non-hydrogen) atoms. The van der Waals surface area contributed by atoms with E-state index in [4.69, 9.17) is 19.8 Å². The van der Waals surface area contributed by atoms with E-state index in [0.717, 1.165) is 0 Å². The molecule has 0 radical (unpaired) electrons. The van der Waals surface area contributed by atoms with Gasteiger partial charge in [0.05, 0.1) is 0 Å². The van der Waals surface area contributed by atoms with Crippen LogP contribution in [0.15, 0.2) is 33.4 Å². The van der Waals surface area contributed by atoms with Gasteiger partial charge in [0.2, 0.25) is 0 Å². The molecule has 0 unspecified atom stereocenters. The second kappa shape index (κ2) is 12.9. The maximum atomic E-state index is 8.36. The average Bonchev–Trinajstić information content (AvgIpc) is 2.80. The molecule has 0 aromatic heterocycles. The van der Waals surface area contributed by atoms with Crippen LogP contribution in [0.1, 0.15) is 69.2 Å². The monoisotopic (exact) mass is 410 g/mol. The van der Waals surface area contributed by atoms with Gasteiger partial charge in [-0.15, -0.1) is 13.8 Å². The zero-order valence-electron chi connectivity index (χ0n) is 18.4. The van der Waals surface area contributed by atoms with E-state index >= 15 is 0 Å². The van der Waals surface area contributed by atoms with E-state index in [1.807, 2.05) is 0 Å². The first-order valence-corrected chi connectivity index (χ1v) is 8.49. The van der Waals surface area contributed by atoms with Gasteiger partial charge in [-0.2, -0.15) is 22.3 Å². The van der Waals surface area contributed by atoms with Crippen LogP contribution in [0.3, 0.4) is 0 Å². The van der Waals surface area contributed by atoms with E-state index in [9.17, 15) is 0 Å². The van der Waals surface area contributed by atoms with E-state index in [2.05, 4.69) is 81.4 Å². The second-order valence-electron chi connectivity index (χ2n) is 7.46. The molecule has 2 aliphatic rings. The van der Waals surface area contributed by atoms with Crippen molar-refractivity contribution in [2.75, 3.05) is 0 Å². The summed E-state index contributed by atoms with van der Waals surface area (Å²) in [6.45, 7) is 21.3. The molecule has 0 atom stereocenters. The number of allylic oxidation sites excluding steroid dienone is 8. The van der Waals surface area contributed by atoms with Crippen LogP contribution in [-0.2, 0) is 31.3 Å². The van der Waals surface area contributed by atoms with Gasteiger partial charge in [-0.25, -0.2) is 11.1 Å². The second-order valence-corrected chi connectivity index (χ2v) is 7.46. The Morgan fingerprint density at radius 2 is 0.852 bits per heavy atom. The van der Waals surface area contributed by atoms with Gasteiger partial charge in [-0.1, -0.05) is 66.2 Å². The maximum absolute atomic E-state index is 8.36. The third-order valence-corrected chi connectivity index (χ3v) is 5.12. The van der Waals surface area contributed by atoms with Crippen LogP contribution in [0.2, 0.25) is 0 Å². The van der Waals surface area contributed by atoms with Crippen molar-refractivity contribution in [3.63, 3.8) is 0 Å². The van der Waals surface area contributed by atoms with Gasteiger partial charge in [-0.05, 0) is 0 Å². The fourth-order valence-corrected chi connectivity index (χ4v) is 2.81. The van der Waals surface area contributed by atoms with Crippen molar-refractivity contribution in [3.8, 4) is 0 Å². The third-order valence-electron chi connectivity index (χ3n) is 5.12. The van der Waals surface area contributed by atoms with Crippen LogP contribution in [-0.4, -0.2) is 23.2 Å². The zero-order valence-corrected chi connectivity index (χ0v) is 19.9. The number of rotatable bonds is 0. The summed E-state index contributed by atoms with van der Waals surface area (Å²) in [5.41, 5.74) is 8.79. The van der Waals surface area contributed by atoms with Crippen molar-refractivity contribution in [1.82, 2.24) is 0 Å². The van der Waals surface area contributed by atoms with Gasteiger partial charge >= 0.3 is 21.7 Å². The van der Waals surface area contributed by atoms with Crippen LogP contribution in [0, 0.1) is 23.0 Å². The predicted molar refractivity (Wildman–Crippen MR) is 107 cm³/mol. The summed E-state index contributed by atoms with van der Waals surface area (Å²) in [4.78, 5) is 16.7. The molecular formula is C22H34O4Ti. The van der Waals surface area contributed by atoms with Gasteiger partial charge in [-0.3, -0.25) is 21.7 Å². The average molecular weight is 410 g/mol. The van der Waals surface area contributed by atoms with Crippen LogP contribution < -0.4 is 0 Å². The molecule has 4 nitrogen and oxygen atoms in total. The van der Waals surface area contributed by atoms with Crippen molar-refractivity contribution in [2.45, 2.75) is 69.2 Å².